The quantitative estimate of drug-likeness (QED) is 0.474. The number of para-hydroxylation sites is 2. The molecule has 26 heavy (non-hydrogen) atoms. The number of thiophene rings is 1. The van der Waals surface area contributed by atoms with Gasteiger partial charge in [0, 0.05) is 28.6 Å². The van der Waals surface area contributed by atoms with Crippen LogP contribution in [-0.2, 0) is 6.42 Å². The van der Waals surface area contributed by atoms with Gasteiger partial charge in [0.25, 0.3) is 0 Å². The predicted octanol–water partition coefficient (Wildman–Crippen LogP) is 3.88. The van der Waals surface area contributed by atoms with Crippen molar-refractivity contribution in [3.8, 4) is 0 Å². The second-order valence-corrected chi connectivity index (χ2v) is 8.23. The van der Waals surface area contributed by atoms with Crippen LogP contribution in [0.15, 0.2) is 66.0 Å². The van der Waals surface area contributed by atoms with Gasteiger partial charge in [-0.25, -0.2) is 0 Å². The number of anilines is 1. The summed E-state index contributed by atoms with van der Waals surface area (Å²) in [7, 11) is 0. The van der Waals surface area contributed by atoms with Crippen LogP contribution >= 0.6 is 11.3 Å². The van der Waals surface area contributed by atoms with Crippen LogP contribution < -0.4 is 10.2 Å². The molecule has 4 heterocycles. The lowest BCUT2D eigenvalue weighted by Gasteiger charge is -2.42. The summed E-state index contributed by atoms with van der Waals surface area (Å²) in [4.78, 5) is 6.79. The number of benzene rings is 2. The number of aromatic amines is 1. The van der Waals surface area contributed by atoms with Gasteiger partial charge in [0.2, 0.25) is 0 Å². The van der Waals surface area contributed by atoms with Crippen molar-refractivity contribution in [2.24, 2.45) is 0 Å². The van der Waals surface area contributed by atoms with Crippen molar-refractivity contribution in [1.29, 1.82) is 0 Å². The van der Waals surface area contributed by atoms with Crippen LogP contribution in [0.3, 0.4) is 0 Å². The first-order valence-corrected chi connectivity index (χ1v) is 10.1. The van der Waals surface area contributed by atoms with E-state index in [1.54, 1.807) is 4.90 Å². The maximum atomic E-state index is 3.82. The summed E-state index contributed by atoms with van der Waals surface area (Å²) in [6, 6.07) is 22.3. The van der Waals surface area contributed by atoms with Crippen LogP contribution in [0.2, 0.25) is 0 Å². The van der Waals surface area contributed by atoms with Gasteiger partial charge in [0.1, 0.15) is 0 Å². The molecule has 0 amide bonds. The molecule has 3 atom stereocenters. The highest BCUT2D eigenvalue weighted by Gasteiger charge is 2.44. The second kappa shape index (κ2) is 5.47. The zero-order valence-corrected chi connectivity index (χ0v) is 15.1. The Kier molecular flexibility index (Phi) is 3.07. The third-order valence-electron chi connectivity index (χ3n) is 5.94. The lowest BCUT2D eigenvalue weighted by molar-refractivity contribution is -0.956. The van der Waals surface area contributed by atoms with Gasteiger partial charge in [-0.1, -0.05) is 42.5 Å². The molecule has 1 unspecified atom stereocenters. The van der Waals surface area contributed by atoms with E-state index in [2.05, 4.69) is 76.3 Å². The van der Waals surface area contributed by atoms with E-state index in [1.165, 1.54) is 38.3 Å². The molecule has 0 radical (unpaired) electrons. The van der Waals surface area contributed by atoms with E-state index in [0.717, 1.165) is 13.0 Å². The van der Waals surface area contributed by atoms with Gasteiger partial charge in [0.15, 0.2) is 12.2 Å². The Hall–Kier alpha value is -2.56. The zero-order chi connectivity index (χ0) is 17.1. The van der Waals surface area contributed by atoms with Crippen LogP contribution in [0.5, 0.6) is 0 Å². The largest absolute Gasteiger partial charge is 0.353 e. The molecule has 0 spiro atoms. The molecule has 2 aromatic heterocycles. The highest BCUT2D eigenvalue weighted by atomic mass is 32.1. The zero-order valence-electron chi connectivity index (χ0n) is 14.3. The van der Waals surface area contributed by atoms with Gasteiger partial charge >= 0.3 is 0 Å². The average molecular weight is 358 g/mol. The van der Waals surface area contributed by atoms with E-state index < -0.39 is 0 Å². The minimum atomic E-state index is 0.314. The SMILES string of the molecule is c1csc([C@H]2Nc3ccccc3[C@H]3c4[nH]c5ccccc5c4CC[NH+]32)c1. The summed E-state index contributed by atoms with van der Waals surface area (Å²) in [5.74, 6) is 0. The Balaban J connectivity index is 1.59. The van der Waals surface area contributed by atoms with E-state index in [9.17, 15) is 0 Å². The maximum Gasteiger partial charge on any atom is 0.197 e. The maximum absolute atomic E-state index is 3.82. The van der Waals surface area contributed by atoms with Crippen LogP contribution in [0.25, 0.3) is 10.9 Å². The molecule has 2 aromatic carbocycles. The number of rotatable bonds is 1. The molecule has 3 N–H and O–H groups in total. The van der Waals surface area contributed by atoms with E-state index >= 15 is 0 Å². The Morgan fingerprint density at radius 3 is 2.77 bits per heavy atom. The average Bonchev–Trinajstić information content (AvgIpc) is 3.34. The van der Waals surface area contributed by atoms with Gasteiger partial charge in [-0.3, -0.25) is 4.90 Å². The lowest BCUT2D eigenvalue weighted by Crippen LogP contribution is -3.15. The molecule has 128 valence electrons. The van der Waals surface area contributed by atoms with Gasteiger partial charge in [0.05, 0.1) is 17.1 Å². The smallest absolute Gasteiger partial charge is 0.197 e. The molecular weight excluding hydrogens is 338 g/mol. The number of aromatic nitrogens is 1. The molecule has 2 aliphatic rings. The molecule has 3 nitrogen and oxygen atoms in total. The number of quaternary nitrogens is 1. The van der Waals surface area contributed by atoms with Crippen LogP contribution in [-0.4, -0.2) is 11.5 Å². The van der Waals surface area contributed by atoms with E-state index in [0.29, 0.717) is 12.2 Å². The van der Waals surface area contributed by atoms with Crippen molar-refractivity contribution in [3.63, 3.8) is 0 Å². The molecule has 4 aromatic rings. The Morgan fingerprint density at radius 1 is 0.962 bits per heavy atom. The Bertz CT molecular complexity index is 1100. The molecule has 4 heteroatoms. The first-order valence-electron chi connectivity index (χ1n) is 9.24. The predicted molar refractivity (Wildman–Crippen MR) is 107 cm³/mol. The minimum Gasteiger partial charge on any atom is -0.353 e. The standard InChI is InChI=1S/C22H19N3S/c1-3-8-17-14(6-1)15-11-12-25-21(20(15)23-17)16-7-2-4-9-18(16)24-22(25)19-10-5-13-26-19/h1-10,13,21-24H,11-12H2/p+1/t21-,22-/m0/s1. The minimum absolute atomic E-state index is 0.314. The lowest BCUT2D eigenvalue weighted by atomic mass is 9.89. The Labute approximate surface area is 156 Å². The third-order valence-corrected chi connectivity index (χ3v) is 6.88. The molecule has 0 bridgehead atoms. The highest BCUT2D eigenvalue weighted by Crippen LogP contribution is 2.38. The van der Waals surface area contributed by atoms with Gasteiger partial charge in [-0.2, -0.15) is 0 Å². The van der Waals surface area contributed by atoms with Crippen molar-refractivity contribution in [2.45, 2.75) is 18.6 Å². The fourth-order valence-corrected chi connectivity index (χ4v) is 5.66. The third kappa shape index (κ3) is 1.97. The van der Waals surface area contributed by atoms with Crippen LogP contribution in [0, 0.1) is 0 Å². The summed E-state index contributed by atoms with van der Waals surface area (Å²) in [5, 5.41) is 7.40. The number of hydrogen-bond acceptors (Lipinski definition) is 2. The Morgan fingerprint density at radius 2 is 1.85 bits per heavy atom. The number of nitrogens with one attached hydrogen (secondary N) is 3. The summed E-state index contributed by atoms with van der Waals surface area (Å²) >= 11 is 1.85. The van der Waals surface area contributed by atoms with Crippen molar-refractivity contribution >= 4 is 27.9 Å². The number of H-pyrrole nitrogens is 1. The molecule has 0 fully saturated rings. The van der Waals surface area contributed by atoms with E-state index in [1.807, 2.05) is 11.3 Å². The van der Waals surface area contributed by atoms with Gasteiger partial charge in [-0.05, 0) is 29.1 Å². The van der Waals surface area contributed by atoms with Crippen LogP contribution in [0.1, 0.15) is 33.9 Å². The fourth-order valence-electron chi connectivity index (χ4n) is 4.84. The van der Waals surface area contributed by atoms with Gasteiger partial charge in [-0.15, -0.1) is 11.3 Å². The van der Waals surface area contributed by atoms with Crippen molar-refractivity contribution < 1.29 is 4.90 Å². The first kappa shape index (κ1) is 14.6. The normalized spacial score (nSPS) is 23.8. The summed E-state index contributed by atoms with van der Waals surface area (Å²) in [6.07, 6.45) is 1.44. The molecule has 6 rings (SSSR count). The second-order valence-electron chi connectivity index (χ2n) is 7.25. The van der Waals surface area contributed by atoms with Crippen molar-refractivity contribution in [3.05, 3.63) is 87.7 Å². The number of hydrogen-bond donors (Lipinski definition) is 3. The summed E-state index contributed by atoms with van der Waals surface area (Å²) in [5.41, 5.74) is 6.86. The van der Waals surface area contributed by atoms with Gasteiger partial charge < -0.3 is 10.3 Å². The topological polar surface area (TPSA) is 32.3 Å². The molecule has 0 aliphatic carbocycles. The molecule has 0 saturated carbocycles. The summed E-state index contributed by atoms with van der Waals surface area (Å²) in [6.45, 7) is 1.14. The highest BCUT2D eigenvalue weighted by molar-refractivity contribution is 7.10. The van der Waals surface area contributed by atoms with Crippen LogP contribution in [0.4, 0.5) is 5.69 Å². The monoisotopic (exact) mass is 358 g/mol. The fraction of sp³-hybridized carbons (Fsp3) is 0.182. The van der Waals surface area contributed by atoms with E-state index in [4.69, 9.17) is 0 Å². The van der Waals surface area contributed by atoms with Crippen molar-refractivity contribution in [2.75, 3.05) is 11.9 Å². The molecule has 0 saturated heterocycles. The van der Waals surface area contributed by atoms with E-state index in [-0.39, 0.29) is 0 Å². The molecule has 2 aliphatic heterocycles. The number of fused-ring (bicyclic) bond motifs is 7. The summed E-state index contributed by atoms with van der Waals surface area (Å²) < 4.78 is 0. The first-order chi connectivity index (χ1) is 12.9. The van der Waals surface area contributed by atoms with Crippen molar-refractivity contribution in [1.82, 2.24) is 4.98 Å². The molecular formula is C22H20N3S+.